The summed E-state index contributed by atoms with van der Waals surface area (Å²) in [4.78, 5) is 13.9. The van der Waals surface area contributed by atoms with Gasteiger partial charge in [-0.2, -0.15) is 4.31 Å². The number of hydrogen-bond acceptors (Lipinski definition) is 3. The Morgan fingerprint density at radius 1 is 1.18 bits per heavy atom. The lowest BCUT2D eigenvalue weighted by Crippen LogP contribution is -3.09. The number of sulfonamides is 1. The van der Waals surface area contributed by atoms with Gasteiger partial charge in [-0.15, -0.1) is 0 Å². The van der Waals surface area contributed by atoms with Gasteiger partial charge >= 0.3 is 0 Å². The Morgan fingerprint density at radius 2 is 1.86 bits per heavy atom. The second-order valence-corrected chi connectivity index (χ2v) is 9.62. The van der Waals surface area contributed by atoms with Gasteiger partial charge in [-0.3, -0.25) is 4.79 Å². The average molecular weight is 423 g/mol. The summed E-state index contributed by atoms with van der Waals surface area (Å²) in [5.41, 5.74) is 1.28. The molecule has 0 aliphatic carbocycles. The fourth-order valence-corrected chi connectivity index (χ4v) is 4.70. The van der Waals surface area contributed by atoms with Crippen molar-refractivity contribution >= 4 is 27.5 Å². The number of benzene rings is 2. The van der Waals surface area contributed by atoms with Crippen molar-refractivity contribution in [2.24, 2.45) is 0 Å². The maximum atomic E-state index is 12.6. The number of halogens is 1. The van der Waals surface area contributed by atoms with Gasteiger partial charge in [-0.1, -0.05) is 41.9 Å². The van der Waals surface area contributed by atoms with Crippen molar-refractivity contribution in [3.8, 4) is 0 Å². The highest BCUT2D eigenvalue weighted by Crippen LogP contribution is 2.17. The van der Waals surface area contributed by atoms with Crippen LogP contribution in [0.5, 0.6) is 0 Å². The van der Waals surface area contributed by atoms with Gasteiger partial charge in [0.2, 0.25) is 15.9 Å². The van der Waals surface area contributed by atoms with Gasteiger partial charge in [0, 0.05) is 24.1 Å². The van der Waals surface area contributed by atoms with E-state index in [4.69, 9.17) is 11.6 Å². The predicted molar refractivity (Wildman–Crippen MR) is 109 cm³/mol. The van der Waals surface area contributed by atoms with Crippen LogP contribution in [-0.4, -0.2) is 51.4 Å². The second-order valence-electron chi connectivity index (χ2n) is 7.13. The topological polar surface area (TPSA) is 70.9 Å². The van der Waals surface area contributed by atoms with E-state index in [2.05, 4.69) is 17.4 Å². The van der Waals surface area contributed by atoms with Gasteiger partial charge < -0.3 is 10.2 Å². The number of rotatable bonds is 7. The van der Waals surface area contributed by atoms with Crippen molar-refractivity contribution in [1.29, 1.82) is 0 Å². The monoisotopic (exact) mass is 422 g/mol. The fraction of sp³-hybridized carbons (Fsp3) is 0.350. The third-order valence-corrected chi connectivity index (χ3v) is 7.00. The molecule has 8 heteroatoms. The molecule has 1 heterocycles. The van der Waals surface area contributed by atoms with Crippen LogP contribution in [0.4, 0.5) is 0 Å². The van der Waals surface area contributed by atoms with Crippen molar-refractivity contribution < 1.29 is 18.1 Å². The highest BCUT2D eigenvalue weighted by molar-refractivity contribution is 7.89. The Bertz CT molecular complexity index is 904. The number of carbonyl (C=O) groups excluding carboxylic acids is 1. The lowest BCUT2D eigenvalue weighted by Gasteiger charge is -2.18. The molecule has 1 aliphatic rings. The van der Waals surface area contributed by atoms with Crippen LogP contribution < -0.4 is 10.2 Å². The van der Waals surface area contributed by atoms with Gasteiger partial charge in [-0.05, 0) is 24.3 Å². The molecule has 1 aliphatic heterocycles. The van der Waals surface area contributed by atoms with Crippen LogP contribution in [0.2, 0.25) is 5.02 Å². The van der Waals surface area contributed by atoms with Crippen LogP contribution in [0.25, 0.3) is 0 Å². The third-order valence-electron chi connectivity index (χ3n) is 4.93. The standard InChI is InChI=1S/C20H24ClN3O3S/c1-23(28(26,27)19-9-7-17(21)8-10-19)15-20(25)22-18-11-12-24(14-18)13-16-5-3-2-4-6-16/h2-10,18H,11-15H2,1H3,(H,22,25)/p+1/t18-/m0/s1. The van der Waals surface area contributed by atoms with Crippen LogP contribution in [0.3, 0.4) is 0 Å². The average Bonchev–Trinajstić information content (AvgIpc) is 3.09. The minimum Gasteiger partial charge on any atom is -0.346 e. The minimum atomic E-state index is -3.73. The molecule has 1 saturated heterocycles. The lowest BCUT2D eigenvalue weighted by atomic mass is 10.2. The molecule has 150 valence electrons. The number of amides is 1. The first-order valence-electron chi connectivity index (χ1n) is 9.23. The minimum absolute atomic E-state index is 0.0675. The first-order chi connectivity index (χ1) is 13.3. The Morgan fingerprint density at radius 3 is 2.54 bits per heavy atom. The maximum absolute atomic E-state index is 12.6. The number of quaternary nitrogens is 1. The molecule has 0 radical (unpaired) electrons. The Balaban J connectivity index is 1.50. The second kappa shape index (κ2) is 9.05. The molecule has 2 aromatic rings. The maximum Gasteiger partial charge on any atom is 0.243 e. The Hall–Kier alpha value is -1.93. The van der Waals surface area contributed by atoms with Crippen LogP contribution in [-0.2, 0) is 21.4 Å². The van der Waals surface area contributed by atoms with E-state index < -0.39 is 10.0 Å². The summed E-state index contributed by atoms with van der Waals surface area (Å²) >= 11 is 5.81. The van der Waals surface area contributed by atoms with E-state index in [0.717, 1.165) is 30.4 Å². The van der Waals surface area contributed by atoms with Gasteiger partial charge in [0.15, 0.2) is 0 Å². The smallest absolute Gasteiger partial charge is 0.243 e. The summed E-state index contributed by atoms with van der Waals surface area (Å²) in [6.45, 7) is 2.54. The molecule has 0 saturated carbocycles. The normalized spacial score (nSPS) is 19.7. The zero-order valence-corrected chi connectivity index (χ0v) is 17.3. The van der Waals surface area contributed by atoms with E-state index in [0.29, 0.717) is 5.02 Å². The van der Waals surface area contributed by atoms with Gasteiger partial charge in [0.05, 0.1) is 30.6 Å². The SMILES string of the molecule is CN(CC(=O)N[C@H]1CC[NH+](Cc2ccccc2)C1)S(=O)(=O)c1ccc(Cl)cc1. The molecule has 1 amide bonds. The van der Waals surface area contributed by atoms with E-state index in [1.807, 2.05) is 18.2 Å². The van der Waals surface area contributed by atoms with E-state index in [1.54, 1.807) is 0 Å². The van der Waals surface area contributed by atoms with Crippen LogP contribution >= 0.6 is 11.6 Å². The summed E-state index contributed by atoms with van der Waals surface area (Å²) in [7, 11) is -2.32. The number of carbonyl (C=O) groups is 1. The molecular weight excluding hydrogens is 398 g/mol. The van der Waals surface area contributed by atoms with Gasteiger partial charge in [0.1, 0.15) is 6.54 Å². The highest BCUT2D eigenvalue weighted by atomic mass is 35.5. The predicted octanol–water partition coefficient (Wildman–Crippen LogP) is 0.934. The third kappa shape index (κ3) is 5.32. The first kappa shape index (κ1) is 20.8. The molecular formula is C20H25ClN3O3S+. The number of likely N-dealkylation sites (tertiary alicyclic amines) is 1. The fourth-order valence-electron chi connectivity index (χ4n) is 3.45. The van der Waals surface area contributed by atoms with Crippen molar-refractivity contribution in [3.63, 3.8) is 0 Å². The first-order valence-corrected chi connectivity index (χ1v) is 11.0. The molecule has 0 spiro atoms. The molecule has 1 fully saturated rings. The summed E-state index contributed by atoms with van der Waals surface area (Å²) in [6.07, 6.45) is 0.890. The van der Waals surface area contributed by atoms with Crippen molar-refractivity contribution in [2.45, 2.75) is 23.9 Å². The molecule has 1 unspecified atom stereocenters. The van der Waals surface area contributed by atoms with Crippen molar-refractivity contribution in [2.75, 3.05) is 26.7 Å². The lowest BCUT2D eigenvalue weighted by molar-refractivity contribution is -0.901. The van der Waals surface area contributed by atoms with E-state index in [9.17, 15) is 13.2 Å². The molecule has 2 atom stereocenters. The summed E-state index contributed by atoms with van der Waals surface area (Å²) in [5, 5.41) is 3.43. The van der Waals surface area contributed by atoms with E-state index >= 15 is 0 Å². The zero-order valence-electron chi connectivity index (χ0n) is 15.8. The van der Waals surface area contributed by atoms with Crippen LogP contribution in [0.15, 0.2) is 59.5 Å². The van der Waals surface area contributed by atoms with Crippen molar-refractivity contribution in [1.82, 2.24) is 9.62 Å². The molecule has 0 bridgehead atoms. The summed E-state index contributed by atoms with van der Waals surface area (Å²) < 4.78 is 26.2. The largest absolute Gasteiger partial charge is 0.346 e. The molecule has 3 rings (SSSR count). The Labute approximate surface area is 171 Å². The molecule has 2 aromatic carbocycles. The summed E-state index contributed by atoms with van der Waals surface area (Å²) in [6, 6.07) is 16.3. The van der Waals surface area contributed by atoms with E-state index in [-0.39, 0.29) is 23.4 Å². The van der Waals surface area contributed by atoms with E-state index in [1.165, 1.54) is 41.8 Å². The molecule has 28 heavy (non-hydrogen) atoms. The number of nitrogens with one attached hydrogen (secondary N) is 2. The summed E-state index contributed by atoms with van der Waals surface area (Å²) in [5.74, 6) is -0.286. The van der Waals surface area contributed by atoms with Crippen LogP contribution in [0, 0.1) is 0 Å². The number of hydrogen-bond donors (Lipinski definition) is 2. The van der Waals surface area contributed by atoms with Crippen molar-refractivity contribution in [3.05, 3.63) is 65.2 Å². The van der Waals surface area contributed by atoms with Gasteiger partial charge in [-0.25, -0.2) is 8.42 Å². The molecule has 0 aromatic heterocycles. The van der Waals surface area contributed by atoms with Gasteiger partial charge in [0.25, 0.3) is 0 Å². The van der Waals surface area contributed by atoms with Crippen LogP contribution in [0.1, 0.15) is 12.0 Å². The highest BCUT2D eigenvalue weighted by Gasteiger charge is 2.29. The zero-order chi connectivity index (χ0) is 20.1. The number of nitrogens with zero attached hydrogens (tertiary/aromatic N) is 1. The molecule has 2 N–H and O–H groups in total. The molecule has 6 nitrogen and oxygen atoms in total. The Kier molecular flexibility index (Phi) is 6.72. The quantitative estimate of drug-likeness (QED) is 0.697. The number of likely N-dealkylation sites (N-methyl/N-ethyl adjacent to an activating group) is 1.